The molecule has 0 bridgehead atoms. The van der Waals surface area contributed by atoms with Crippen molar-refractivity contribution in [2.75, 3.05) is 18.5 Å². The predicted octanol–water partition coefficient (Wildman–Crippen LogP) is 3.49. The molecule has 3 heteroatoms. The lowest BCUT2D eigenvalue weighted by molar-refractivity contribution is -0.154. The average molecular weight is 289 g/mol. The largest absolute Gasteiger partial charge is 0.353 e. The third-order valence-electron chi connectivity index (χ3n) is 2.54. The predicted molar refractivity (Wildman–Crippen MR) is 69.6 cm³/mol. The minimum Gasteiger partial charge on any atom is -0.353 e. The second-order valence-electron chi connectivity index (χ2n) is 3.96. The molecule has 0 aromatic rings. The number of halogens is 1. The van der Waals surface area contributed by atoms with Gasteiger partial charge in [0, 0.05) is 18.4 Å². The zero-order valence-electron chi connectivity index (χ0n) is 9.84. The fraction of sp³-hybridized carbons (Fsp3) is 0.846. The minimum absolute atomic E-state index is 0.00329. The first-order chi connectivity index (χ1) is 7.93. The Labute approximate surface area is 107 Å². The summed E-state index contributed by atoms with van der Waals surface area (Å²) in [5, 5.41) is 1.10. The molecule has 92 valence electrons. The molecule has 16 heavy (non-hydrogen) atoms. The van der Waals surface area contributed by atoms with Crippen LogP contribution in [0.4, 0.5) is 0 Å². The second-order valence-corrected chi connectivity index (χ2v) is 4.75. The molecule has 0 aliphatic carbocycles. The van der Waals surface area contributed by atoms with Gasteiger partial charge in [0.15, 0.2) is 6.29 Å². The van der Waals surface area contributed by atoms with Gasteiger partial charge in [0.2, 0.25) is 0 Å². The van der Waals surface area contributed by atoms with Crippen molar-refractivity contribution >= 4 is 15.9 Å². The van der Waals surface area contributed by atoms with Gasteiger partial charge < -0.3 is 9.47 Å². The van der Waals surface area contributed by atoms with E-state index in [4.69, 9.17) is 9.47 Å². The highest BCUT2D eigenvalue weighted by molar-refractivity contribution is 9.09. The van der Waals surface area contributed by atoms with Gasteiger partial charge in [-0.1, -0.05) is 28.3 Å². The molecular formula is C13H21BrO2. The quantitative estimate of drug-likeness (QED) is 0.423. The van der Waals surface area contributed by atoms with Gasteiger partial charge in [0.1, 0.15) is 6.61 Å². The van der Waals surface area contributed by atoms with Crippen LogP contribution >= 0.6 is 15.9 Å². The summed E-state index contributed by atoms with van der Waals surface area (Å²) in [5.74, 6) is 6.18. The van der Waals surface area contributed by atoms with E-state index in [9.17, 15) is 0 Å². The molecule has 1 saturated heterocycles. The fourth-order valence-corrected chi connectivity index (χ4v) is 2.00. The summed E-state index contributed by atoms with van der Waals surface area (Å²) in [7, 11) is 0. The van der Waals surface area contributed by atoms with Crippen LogP contribution in [0.15, 0.2) is 0 Å². The second kappa shape index (κ2) is 10.1. The van der Waals surface area contributed by atoms with Gasteiger partial charge >= 0.3 is 0 Å². The molecule has 0 aromatic carbocycles. The molecule has 1 aliphatic rings. The number of hydrogen-bond donors (Lipinski definition) is 0. The average Bonchev–Trinajstić information content (AvgIpc) is 2.34. The van der Waals surface area contributed by atoms with Crippen molar-refractivity contribution < 1.29 is 9.47 Å². The minimum atomic E-state index is -0.00329. The van der Waals surface area contributed by atoms with Gasteiger partial charge in [0.05, 0.1) is 0 Å². The SMILES string of the molecule is BrCCCCCC#CCOC1CCCCO1. The molecule has 2 nitrogen and oxygen atoms in total. The standard InChI is InChI=1S/C13H21BrO2/c14-10-6-3-1-2-4-7-11-15-13-9-5-8-12-16-13/h13H,1-3,5-6,8-12H2. The van der Waals surface area contributed by atoms with Gasteiger partial charge in [-0.3, -0.25) is 0 Å². The zero-order chi connectivity index (χ0) is 11.5. The van der Waals surface area contributed by atoms with Crippen LogP contribution < -0.4 is 0 Å². The van der Waals surface area contributed by atoms with Crippen molar-refractivity contribution in [3.05, 3.63) is 0 Å². The van der Waals surface area contributed by atoms with Crippen LogP contribution in [-0.4, -0.2) is 24.8 Å². The van der Waals surface area contributed by atoms with Crippen molar-refractivity contribution in [3.63, 3.8) is 0 Å². The van der Waals surface area contributed by atoms with E-state index in [0.29, 0.717) is 6.61 Å². The summed E-state index contributed by atoms with van der Waals surface area (Å²) in [6.07, 6.45) is 8.08. The van der Waals surface area contributed by atoms with Crippen LogP contribution in [0.3, 0.4) is 0 Å². The van der Waals surface area contributed by atoms with Crippen molar-refractivity contribution in [2.45, 2.75) is 51.2 Å². The van der Waals surface area contributed by atoms with E-state index in [-0.39, 0.29) is 6.29 Å². The van der Waals surface area contributed by atoms with E-state index < -0.39 is 0 Å². The maximum Gasteiger partial charge on any atom is 0.158 e. The van der Waals surface area contributed by atoms with Gasteiger partial charge in [-0.25, -0.2) is 0 Å². The Morgan fingerprint density at radius 1 is 1.19 bits per heavy atom. The van der Waals surface area contributed by atoms with E-state index >= 15 is 0 Å². The molecule has 0 saturated carbocycles. The normalized spacial score (nSPS) is 20.2. The highest BCUT2D eigenvalue weighted by Crippen LogP contribution is 2.13. The van der Waals surface area contributed by atoms with Gasteiger partial charge in [-0.2, -0.15) is 0 Å². The lowest BCUT2D eigenvalue weighted by Crippen LogP contribution is -2.22. The maximum atomic E-state index is 5.51. The summed E-state index contributed by atoms with van der Waals surface area (Å²) >= 11 is 3.42. The molecule has 0 radical (unpaired) electrons. The number of alkyl halides is 1. The first-order valence-corrected chi connectivity index (χ1v) is 7.30. The molecule has 0 amide bonds. The summed E-state index contributed by atoms with van der Waals surface area (Å²) in [6, 6.07) is 0. The van der Waals surface area contributed by atoms with Crippen LogP contribution in [0.1, 0.15) is 44.9 Å². The van der Waals surface area contributed by atoms with E-state index in [1.807, 2.05) is 0 Å². The van der Waals surface area contributed by atoms with Crippen LogP contribution in [0.25, 0.3) is 0 Å². The van der Waals surface area contributed by atoms with Gasteiger partial charge in [-0.05, 0) is 32.1 Å². The summed E-state index contributed by atoms with van der Waals surface area (Å²) in [4.78, 5) is 0. The molecule has 1 rings (SSSR count). The molecule has 1 fully saturated rings. The molecule has 1 aliphatic heterocycles. The Bertz CT molecular complexity index is 214. The molecular weight excluding hydrogens is 268 g/mol. The van der Waals surface area contributed by atoms with E-state index in [1.54, 1.807) is 0 Å². The molecule has 1 heterocycles. The number of hydrogen-bond acceptors (Lipinski definition) is 2. The van der Waals surface area contributed by atoms with Crippen molar-refractivity contribution in [3.8, 4) is 11.8 Å². The summed E-state index contributed by atoms with van der Waals surface area (Å²) in [5.41, 5.74) is 0. The van der Waals surface area contributed by atoms with Crippen LogP contribution in [0.2, 0.25) is 0 Å². The van der Waals surface area contributed by atoms with Crippen LogP contribution in [0, 0.1) is 11.8 Å². The van der Waals surface area contributed by atoms with Gasteiger partial charge in [-0.15, -0.1) is 5.92 Å². The Balaban J connectivity index is 1.91. The highest BCUT2D eigenvalue weighted by atomic mass is 79.9. The molecule has 0 N–H and O–H groups in total. The van der Waals surface area contributed by atoms with Crippen LogP contribution in [-0.2, 0) is 9.47 Å². The zero-order valence-corrected chi connectivity index (χ0v) is 11.4. The molecule has 1 atom stereocenters. The molecule has 0 spiro atoms. The maximum absolute atomic E-state index is 5.51. The number of ether oxygens (including phenoxy) is 2. The summed E-state index contributed by atoms with van der Waals surface area (Å²) < 4.78 is 10.9. The van der Waals surface area contributed by atoms with Crippen molar-refractivity contribution in [2.24, 2.45) is 0 Å². The van der Waals surface area contributed by atoms with E-state index in [0.717, 1.165) is 24.8 Å². The first kappa shape index (κ1) is 14.0. The van der Waals surface area contributed by atoms with Crippen molar-refractivity contribution in [1.82, 2.24) is 0 Å². The van der Waals surface area contributed by atoms with Crippen molar-refractivity contribution in [1.29, 1.82) is 0 Å². The fourth-order valence-electron chi connectivity index (χ4n) is 1.60. The van der Waals surface area contributed by atoms with Crippen LogP contribution in [0.5, 0.6) is 0 Å². The monoisotopic (exact) mass is 288 g/mol. The Morgan fingerprint density at radius 2 is 2.12 bits per heavy atom. The van der Waals surface area contributed by atoms with E-state index in [1.165, 1.54) is 32.1 Å². The summed E-state index contributed by atoms with van der Waals surface area (Å²) in [6.45, 7) is 1.35. The lowest BCUT2D eigenvalue weighted by atomic mass is 10.2. The van der Waals surface area contributed by atoms with E-state index in [2.05, 4.69) is 27.8 Å². The topological polar surface area (TPSA) is 18.5 Å². The molecule has 0 aromatic heterocycles. The Hall–Kier alpha value is -0.0400. The molecule has 1 unspecified atom stereocenters. The Kier molecular flexibility index (Phi) is 8.88. The highest BCUT2D eigenvalue weighted by Gasteiger charge is 2.12. The third-order valence-corrected chi connectivity index (χ3v) is 3.10. The number of rotatable bonds is 6. The number of unbranched alkanes of at least 4 members (excludes halogenated alkanes) is 3. The first-order valence-electron chi connectivity index (χ1n) is 6.18. The Morgan fingerprint density at radius 3 is 2.88 bits per heavy atom. The lowest BCUT2D eigenvalue weighted by Gasteiger charge is -2.21. The van der Waals surface area contributed by atoms with Gasteiger partial charge in [0.25, 0.3) is 0 Å². The smallest absolute Gasteiger partial charge is 0.158 e. The third kappa shape index (κ3) is 7.27.